The predicted octanol–water partition coefficient (Wildman–Crippen LogP) is 3.18. The standard InChI is InChI=1S/C22H31N3O3S/c1-19-10-7-13-21(18-19)25(29(3,27)28)17-8-14-22(26)23-15-9-16-24(2)20-11-5-4-6-12-20/h4-7,10-13,18H,8-9,14-17H2,1-3H3,(H,23,26). The average Bonchev–Trinajstić information content (AvgIpc) is 2.68. The first-order valence-electron chi connectivity index (χ1n) is 9.84. The molecule has 0 heterocycles. The smallest absolute Gasteiger partial charge is 0.232 e. The number of carbonyl (C=O) groups excluding carboxylic acids is 1. The van der Waals surface area contributed by atoms with Gasteiger partial charge in [-0.2, -0.15) is 0 Å². The van der Waals surface area contributed by atoms with Crippen LogP contribution < -0.4 is 14.5 Å². The molecule has 0 aliphatic rings. The maximum absolute atomic E-state index is 12.1. The highest BCUT2D eigenvalue weighted by molar-refractivity contribution is 7.92. The van der Waals surface area contributed by atoms with Crippen LogP contribution >= 0.6 is 0 Å². The number of anilines is 2. The van der Waals surface area contributed by atoms with Crippen molar-refractivity contribution in [2.45, 2.75) is 26.2 Å². The fourth-order valence-corrected chi connectivity index (χ4v) is 4.05. The molecule has 2 aromatic rings. The maximum Gasteiger partial charge on any atom is 0.232 e. The highest BCUT2D eigenvalue weighted by Gasteiger charge is 2.17. The van der Waals surface area contributed by atoms with Crippen LogP contribution in [0.5, 0.6) is 0 Å². The van der Waals surface area contributed by atoms with E-state index in [-0.39, 0.29) is 12.5 Å². The van der Waals surface area contributed by atoms with Crippen LogP contribution in [0.2, 0.25) is 0 Å². The van der Waals surface area contributed by atoms with Gasteiger partial charge >= 0.3 is 0 Å². The molecule has 0 aliphatic heterocycles. The zero-order valence-corrected chi connectivity index (χ0v) is 18.3. The summed E-state index contributed by atoms with van der Waals surface area (Å²) in [6.45, 7) is 3.66. The van der Waals surface area contributed by atoms with Gasteiger partial charge in [0.25, 0.3) is 0 Å². The van der Waals surface area contributed by atoms with E-state index in [2.05, 4.69) is 22.3 Å². The number of nitrogens with zero attached hydrogens (tertiary/aromatic N) is 2. The lowest BCUT2D eigenvalue weighted by molar-refractivity contribution is -0.121. The molecule has 29 heavy (non-hydrogen) atoms. The highest BCUT2D eigenvalue weighted by Crippen LogP contribution is 2.19. The summed E-state index contributed by atoms with van der Waals surface area (Å²) < 4.78 is 25.6. The molecular formula is C22H31N3O3S. The number of carbonyl (C=O) groups is 1. The van der Waals surface area contributed by atoms with Crippen molar-refractivity contribution in [2.24, 2.45) is 0 Å². The lowest BCUT2D eigenvalue weighted by atomic mass is 10.2. The molecule has 0 atom stereocenters. The molecule has 0 aliphatic carbocycles. The Morgan fingerprint density at radius 1 is 0.966 bits per heavy atom. The van der Waals surface area contributed by atoms with Crippen molar-refractivity contribution >= 4 is 27.3 Å². The average molecular weight is 418 g/mol. The summed E-state index contributed by atoms with van der Waals surface area (Å²) in [5.74, 6) is -0.0509. The van der Waals surface area contributed by atoms with Gasteiger partial charge in [-0.3, -0.25) is 9.10 Å². The monoisotopic (exact) mass is 417 g/mol. The summed E-state index contributed by atoms with van der Waals surface area (Å²) >= 11 is 0. The lowest BCUT2D eigenvalue weighted by Gasteiger charge is -2.22. The third-order valence-electron chi connectivity index (χ3n) is 4.64. The van der Waals surface area contributed by atoms with E-state index in [0.717, 1.165) is 24.2 Å². The van der Waals surface area contributed by atoms with Gasteiger partial charge in [0.1, 0.15) is 0 Å². The van der Waals surface area contributed by atoms with Crippen LogP contribution in [-0.4, -0.2) is 47.3 Å². The molecule has 158 valence electrons. The second-order valence-corrected chi connectivity index (χ2v) is 9.15. The third-order valence-corrected chi connectivity index (χ3v) is 5.84. The first kappa shape index (κ1) is 22.7. The van der Waals surface area contributed by atoms with Gasteiger partial charge in [0.15, 0.2) is 0 Å². The molecule has 0 aromatic heterocycles. The van der Waals surface area contributed by atoms with Gasteiger partial charge in [-0.15, -0.1) is 0 Å². The Balaban J connectivity index is 1.72. The van der Waals surface area contributed by atoms with Crippen LogP contribution in [0.15, 0.2) is 54.6 Å². The van der Waals surface area contributed by atoms with Crippen molar-refractivity contribution in [3.63, 3.8) is 0 Å². The van der Waals surface area contributed by atoms with Crippen LogP contribution in [0.4, 0.5) is 11.4 Å². The van der Waals surface area contributed by atoms with Gasteiger partial charge in [0.05, 0.1) is 11.9 Å². The zero-order valence-electron chi connectivity index (χ0n) is 17.5. The summed E-state index contributed by atoms with van der Waals surface area (Å²) in [4.78, 5) is 14.2. The van der Waals surface area contributed by atoms with Crippen LogP contribution in [0.1, 0.15) is 24.8 Å². The summed E-state index contributed by atoms with van der Waals surface area (Å²) in [6, 6.07) is 17.5. The molecule has 0 radical (unpaired) electrons. The van der Waals surface area contributed by atoms with E-state index in [1.807, 2.05) is 50.4 Å². The molecule has 0 spiro atoms. The van der Waals surface area contributed by atoms with Crippen molar-refractivity contribution < 1.29 is 13.2 Å². The van der Waals surface area contributed by atoms with E-state index >= 15 is 0 Å². The van der Waals surface area contributed by atoms with Gasteiger partial charge in [0, 0.05) is 38.8 Å². The fraction of sp³-hybridized carbons (Fsp3) is 0.409. The number of hydrogen-bond donors (Lipinski definition) is 1. The second-order valence-electron chi connectivity index (χ2n) is 7.24. The number of benzene rings is 2. The molecule has 0 saturated heterocycles. The summed E-state index contributed by atoms with van der Waals surface area (Å²) in [6.07, 6.45) is 2.80. The maximum atomic E-state index is 12.1. The van der Waals surface area contributed by atoms with E-state index in [1.165, 1.54) is 10.6 Å². The number of nitrogens with one attached hydrogen (secondary N) is 1. The Hall–Kier alpha value is -2.54. The van der Waals surface area contributed by atoms with Crippen molar-refractivity contribution in [1.82, 2.24) is 5.32 Å². The number of amides is 1. The van der Waals surface area contributed by atoms with E-state index in [1.54, 1.807) is 6.07 Å². The van der Waals surface area contributed by atoms with E-state index in [4.69, 9.17) is 0 Å². The van der Waals surface area contributed by atoms with E-state index < -0.39 is 10.0 Å². The minimum atomic E-state index is -3.39. The Kier molecular flexibility index (Phi) is 8.51. The Morgan fingerprint density at radius 3 is 2.31 bits per heavy atom. The second kappa shape index (κ2) is 10.9. The number of rotatable bonds is 11. The zero-order chi connectivity index (χ0) is 21.3. The molecule has 1 amide bonds. The number of para-hydroxylation sites is 1. The van der Waals surface area contributed by atoms with E-state index in [0.29, 0.717) is 25.1 Å². The van der Waals surface area contributed by atoms with E-state index in [9.17, 15) is 13.2 Å². The summed E-state index contributed by atoms with van der Waals surface area (Å²) in [5.41, 5.74) is 2.78. The molecular weight excluding hydrogens is 386 g/mol. The van der Waals surface area contributed by atoms with Gasteiger partial charge in [-0.05, 0) is 49.6 Å². The van der Waals surface area contributed by atoms with Crippen LogP contribution in [0.3, 0.4) is 0 Å². The molecule has 0 saturated carbocycles. The molecule has 2 rings (SSSR count). The number of aryl methyl sites for hydroxylation is 1. The summed E-state index contributed by atoms with van der Waals surface area (Å²) in [5, 5.41) is 2.92. The Labute approximate surface area is 174 Å². The molecule has 0 unspecified atom stereocenters. The van der Waals surface area contributed by atoms with Crippen LogP contribution in [0.25, 0.3) is 0 Å². The largest absolute Gasteiger partial charge is 0.375 e. The molecule has 6 nitrogen and oxygen atoms in total. The molecule has 7 heteroatoms. The molecule has 1 N–H and O–H groups in total. The molecule has 2 aromatic carbocycles. The van der Waals surface area contributed by atoms with Crippen molar-refractivity contribution in [3.8, 4) is 0 Å². The minimum absolute atomic E-state index is 0.0509. The van der Waals surface area contributed by atoms with Gasteiger partial charge in [0.2, 0.25) is 15.9 Å². The topological polar surface area (TPSA) is 69.7 Å². The van der Waals surface area contributed by atoms with Crippen molar-refractivity contribution in [3.05, 3.63) is 60.2 Å². The number of sulfonamides is 1. The minimum Gasteiger partial charge on any atom is -0.375 e. The van der Waals surface area contributed by atoms with Gasteiger partial charge < -0.3 is 10.2 Å². The fourth-order valence-electron chi connectivity index (χ4n) is 3.10. The first-order valence-corrected chi connectivity index (χ1v) is 11.7. The normalized spacial score (nSPS) is 11.1. The van der Waals surface area contributed by atoms with Crippen LogP contribution in [0, 0.1) is 6.92 Å². The third kappa shape index (κ3) is 7.77. The SMILES string of the molecule is Cc1cccc(N(CCCC(=O)NCCCN(C)c2ccccc2)S(C)(=O)=O)c1. The van der Waals surface area contributed by atoms with Gasteiger partial charge in [-0.25, -0.2) is 8.42 Å². The van der Waals surface area contributed by atoms with Crippen molar-refractivity contribution in [1.29, 1.82) is 0 Å². The first-order chi connectivity index (χ1) is 13.8. The molecule has 0 bridgehead atoms. The Morgan fingerprint density at radius 2 is 1.66 bits per heavy atom. The lowest BCUT2D eigenvalue weighted by Crippen LogP contribution is -2.32. The highest BCUT2D eigenvalue weighted by atomic mass is 32.2. The van der Waals surface area contributed by atoms with Crippen molar-refractivity contribution in [2.75, 3.05) is 42.1 Å². The summed E-state index contributed by atoms with van der Waals surface area (Å²) in [7, 11) is -1.36. The van der Waals surface area contributed by atoms with Gasteiger partial charge in [-0.1, -0.05) is 30.3 Å². The Bertz CT molecular complexity index is 885. The predicted molar refractivity (Wildman–Crippen MR) is 120 cm³/mol. The molecule has 0 fully saturated rings. The number of hydrogen-bond acceptors (Lipinski definition) is 4. The quantitative estimate of drug-likeness (QED) is 0.570. The van der Waals surface area contributed by atoms with Crippen LogP contribution in [-0.2, 0) is 14.8 Å².